The van der Waals surface area contributed by atoms with E-state index in [9.17, 15) is 13.2 Å². The van der Waals surface area contributed by atoms with Crippen LogP contribution in [0.15, 0.2) is 36.4 Å². The lowest BCUT2D eigenvalue weighted by molar-refractivity contribution is -0.0694. The highest BCUT2D eigenvalue weighted by Gasteiger charge is 2.34. The number of halogens is 3. The largest absolute Gasteiger partial charge is 0.416 e. The normalized spacial score (nSPS) is 15.1. The Bertz CT molecular complexity index is 339. The number of alkyl halides is 3. The quantitative estimate of drug-likeness (QED) is 0.805. The summed E-state index contributed by atoms with van der Waals surface area (Å²) < 4.78 is 37.8. The Labute approximate surface area is 85.9 Å². The van der Waals surface area contributed by atoms with Crippen LogP contribution in [0.1, 0.15) is 12.5 Å². The summed E-state index contributed by atoms with van der Waals surface area (Å²) in [7, 11) is 0. The molecule has 1 aromatic rings. The molecule has 0 radical (unpaired) electrons. The Hall–Kier alpha value is -1.29. The maximum atomic E-state index is 12.6. The van der Waals surface area contributed by atoms with Gasteiger partial charge in [-0.2, -0.15) is 13.2 Å². The molecule has 0 fully saturated rings. The van der Waals surface area contributed by atoms with Crippen LogP contribution in [0.4, 0.5) is 13.2 Å². The average molecular weight is 216 g/mol. The molecule has 1 aromatic carbocycles. The van der Waals surface area contributed by atoms with Crippen LogP contribution in [0.3, 0.4) is 0 Å². The van der Waals surface area contributed by atoms with Crippen molar-refractivity contribution in [3.63, 3.8) is 0 Å². The maximum absolute atomic E-state index is 12.6. The zero-order chi connectivity index (χ0) is 11.5. The van der Waals surface area contributed by atoms with E-state index in [0.29, 0.717) is 0 Å². The highest BCUT2D eigenvalue weighted by atomic mass is 19.4. The third-order valence-electron chi connectivity index (χ3n) is 1.80. The summed E-state index contributed by atoms with van der Waals surface area (Å²) in [6.45, 7) is 1.29. The van der Waals surface area contributed by atoms with Gasteiger partial charge in [0, 0.05) is 0 Å². The highest BCUT2D eigenvalue weighted by molar-refractivity contribution is 5.69. The minimum absolute atomic E-state index is 0.0610. The van der Waals surface area contributed by atoms with Crippen molar-refractivity contribution in [2.75, 3.05) is 0 Å². The maximum Gasteiger partial charge on any atom is 0.416 e. The Kier molecular flexibility index (Phi) is 3.52. The number of aliphatic hydroxyl groups excluding tert-OH is 1. The third kappa shape index (κ3) is 3.40. The number of allylic oxidation sites excluding steroid dienone is 1. The molecule has 0 aliphatic rings. The van der Waals surface area contributed by atoms with Crippen molar-refractivity contribution in [3.05, 3.63) is 42.0 Å². The van der Waals surface area contributed by atoms with Gasteiger partial charge in [0.1, 0.15) is 0 Å². The summed E-state index contributed by atoms with van der Waals surface area (Å²) in [5.74, 6) is 0. The average Bonchev–Trinajstić information content (AvgIpc) is 2.14. The van der Waals surface area contributed by atoms with Crippen molar-refractivity contribution in [1.29, 1.82) is 0 Å². The molecule has 0 aromatic heterocycles. The number of rotatable bonds is 2. The molecular formula is C11H11F3O. The lowest BCUT2D eigenvalue weighted by Crippen LogP contribution is -2.13. The Morgan fingerprint density at radius 1 is 1.27 bits per heavy atom. The van der Waals surface area contributed by atoms with E-state index in [2.05, 4.69) is 0 Å². The predicted octanol–water partition coefficient (Wildman–Crippen LogP) is 3.01. The van der Waals surface area contributed by atoms with Crippen LogP contribution in [-0.2, 0) is 0 Å². The van der Waals surface area contributed by atoms with Crippen molar-refractivity contribution >= 4 is 5.57 Å². The van der Waals surface area contributed by atoms with Crippen molar-refractivity contribution in [2.45, 2.75) is 19.2 Å². The molecule has 0 unspecified atom stereocenters. The van der Waals surface area contributed by atoms with Crippen molar-refractivity contribution in [2.24, 2.45) is 0 Å². The fourth-order valence-electron chi connectivity index (χ4n) is 1.21. The van der Waals surface area contributed by atoms with Gasteiger partial charge in [-0.1, -0.05) is 30.3 Å². The number of hydrogen-bond acceptors (Lipinski definition) is 1. The van der Waals surface area contributed by atoms with Gasteiger partial charge >= 0.3 is 6.18 Å². The van der Waals surface area contributed by atoms with Crippen LogP contribution in [-0.4, -0.2) is 17.4 Å². The van der Waals surface area contributed by atoms with Gasteiger partial charge in [0.15, 0.2) is 0 Å². The van der Waals surface area contributed by atoms with Crippen LogP contribution < -0.4 is 0 Å². The third-order valence-corrected chi connectivity index (χ3v) is 1.80. The summed E-state index contributed by atoms with van der Waals surface area (Å²) in [5.41, 5.74) is -0.746. The fraction of sp³-hybridized carbons (Fsp3) is 0.273. The minimum Gasteiger partial charge on any atom is -0.389 e. The Balaban J connectivity index is 3.15. The predicted molar refractivity (Wildman–Crippen MR) is 52.2 cm³/mol. The van der Waals surface area contributed by atoms with Crippen molar-refractivity contribution in [1.82, 2.24) is 0 Å². The molecule has 82 valence electrons. The second-order valence-electron chi connectivity index (χ2n) is 3.18. The Morgan fingerprint density at radius 2 is 1.80 bits per heavy atom. The topological polar surface area (TPSA) is 20.2 Å². The molecular weight excluding hydrogens is 205 g/mol. The van der Waals surface area contributed by atoms with Gasteiger partial charge in [-0.15, -0.1) is 0 Å². The molecule has 0 spiro atoms. The van der Waals surface area contributed by atoms with Gasteiger partial charge in [-0.25, -0.2) is 0 Å². The summed E-state index contributed by atoms with van der Waals surface area (Å²) in [6, 6.07) is 7.41. The molecule has 0 bridgehead atoms. The van der Waals surface area contributed by atoms with Gasteiger partial charge in [-0.3, -0.25) is 0 Å². The minimum atomic E-state index is -4.45. The van der Waals surface area contributed by atoms with E-state index < -0.39 is 17.9 Å². The zero-order valence-electron chi connectivity index (χ0n) is 8.12. The van der Waals surface area contributed by atoms with E-state index in [4.69, 9.17) is 5.11 Å². The molecule has 1 atom stereocenters. The first-order valence-electron chi connectivity index (χ1n) is 4.44. The van der Waals surface area contributed by atoms with E-state index in [1.807, 2.05) is 0 Å². The van der Waals surface area contributed by atoms with Gasteiger partial charge in [0.2, 0.25) is 0 Å². The fourth-order valence-corrected chi connectivity index (χ4v) is 1.21. The lowest BCUT2D eigenvalue weighted by atomic mass is 10.0. The van der Waals surface area contributed by atoms with Gasteiger partial charge < -0.3 is 5.11 Å². The molecule has 1 N–H and O–H groups in total. The SMILES string of the molecule is C[C@@H](O)/C=C(\c1ccccc1)C(F)(F)F. The molecule has 0 aliphatic carbocycles. The van der Waals surface area contributed by atoms with Crippen LogP contribution >= 0.6 is 0 Å². The molecule has 0 saturated carbocycles. The van der Waals surface area contributed by atoms with E-state index in [-0.39, 0.29) is 5.56 Å². The molecule has 15 heavy (non-hydrogen) atoms. The highest BCUT2D eigenvalue weighted by Crippen LogP contribution is 2.33. The Morgan fingerprint density at radius 3 is 2.20 bits per heavy atom. The molecule has 0 saturated heterocycles. The van der Waals surface area contributed by atoms with Crippen LogP contribution in [0.25, 0.3) is 5.57 Å². The monoisotopic (exact) mass is 216 g/mol. The molecule has 4 heteroatoms. The van der Waals surface area contributed by atoms with E-state index in [1.165, 1.54) is 31.2 Å². The standard InChI is InChI=1S/C11H11F3O/c1-8(15)7-10(11(12,13)14)9-5-3-2-4-6-9/h2-8,15H,1H3/b10-7+/t8-/m1/s1. The summed E-state index contributed by atoms with van der Waals surface area (Å²) >= 11 is 0. The summed E-state index contributed by atoms with van der Waals surface area (Å²) in [4.78, 5) is 0. The smallest absolute Gasteiger partial charge is 0.389 e. The second-order valence-corrected chi connectivity index (χ2v) is 3.18. The second kappa shape index (κ2) is 4.49. The van der Waals surface area contributed by atoms with Gasteiger partial charge in [0.05, 0.1) is 11.7 Å². The number of aliphatic hydroxyl groups is 1. The van der Waals surface area contributed by atoms with E-state index in [0.717, 1.165) is 6.08 Å². The summed E-state index contributed by atoms with van der Waals surface area (Å²) in [5, 5.41) is 8.97. The zero-order valence-corrected chi connectivity index (χ0v) is 8.12. The first-order valence-corrected chi connectivity index (χ1v) is 4.44. The molecule has 1 rings (SSSR count). The van der Waals surface area contributed by atoms with Crippen molar-refractivity contribution in [3.8, 4) is 0 Å². The van der Waals surface area contributed by atoms with E-state index in [1.54, 1.807) is 6.07 Å². The molecule has 0 aliphatic heterocycles. The van der Waals surface area contributed by atoms with Crippen molar-refractivity contribution < 1.29 is 18.3 Å². The first kappa shape index (κ1) is 11.8. The number of benzene rings is 1. The lowest BCUT2D eigenvalue weighted by Gasteiger charge is -2.12. The summed E-state index contributed by atoms with van der Waals surface area (Å²) in [6.07, 6.45) is -4.77. The number of hydrogen-bond donors (Lipinski definition) is 1. The van der Waals surface area contributed by atoms with Crippen LogP contribution in [0.5, 0.6) is 0 Å². The van der Waals surface area contributed by atoms with E-state index >= 15 is 0 Å². The van der Waals surface area contributed by atoms with Crippen LogP contribution in [0, 0.1) is 0 Å². The first-order chi connectivity index (χ1) is 6.91. The van der Waals surface area contributed by atoms with Crippen LogP contribution in [0.2, 0.25) is 0 Å². The van der Waals surface area contributed by atoms with Gasteiger partial charge in [0.25, 0.3) is 0 Å². The van der Waals surface area contributed by atoms with Gasteiger partial charge in [-0.05, 0) is 18.6 Å². The molecule has 0 amide bonds. The molecule has 0 heterocycles. The molecule has 1 nitrogen and oxygen atoms in total.